The first-order valence-corrected chi connectivity index (χ1v) is 8.05. The largest absolute Gasteiger partial charge is 0.121 e. The predicted octanol–water partition coefficient (Wildman–Crippen LogP) is 6.56. The minimum atomic E-state index is -0.190. The fourth-order valence-corrected chi connectivity index (χ4v) is 5.07. The zero-order chi connectivity index (χ0) is 12.6. The van der Waals surface area contributed by atoms with E-state index in [0.717, 1.165) is 29.3 Å². The summed E-state index contributed by atoms with van der Waals surface area (Å²) in [6, 6.07) is 7.95. The fourth-order valence-electron chi connectivity index (χ4n) is 1.47. The van der Waals surface area contributed by atoms with E-state index in [1.165, 1.54) is 0 Å². The second-order valence-electron chi connectivity index (χ2n) is 3.65. The standard InChI is InChI=1S/C12H8Br2Cl2S/c1-6-2-3-7(4-9(6)15)11(16)8-5-10(13)17-12(8)14/h2-5,11H,1H3. The van der Waals surface area contributed by atoms with E-state index in [9.17, 15) is 0 Å². The van der Waals surface area contributed by atoms with E-state index >= 15 is 0 Å². The van der Waals surface area contributed by atoms with Gasteiger partial charge in [0.1, 0.15) is 0 Å². The van der Waals surface area contributed by atoms with Gasteiger partial charge < -0.3 is 0 Å². The molecule has 0 radical (unpaired) electrons. The number of hydrogen-bond acceptors (Lipinski definition) is 1. The van der Waals surface area contributed by atoms with Crippen LogP contribution in [-0.4, -0.2) is 0 Å². The van der Waals surface area contributed by atoms with Crippen molar-refractivity contribution in [1.29, 1.82) is 0 Å². The highest BCUT2D eigenvalue weighted by molar-refractivity contribution is 9.12. The molecule has 0 aliphatic rings. The molecule has 1 aromatic carbocycles. The molecule has 0 aliphatic heterocycles. The molecule has 0 amide bonds. The van der Waals surface area contributed by atoms with E-state index in [2.05, 4.69) is 31.9 Å². The Morgan fingerprint density at radius 3 is 2.47 bits per heavy atom. The number of halogens is 4. The minimum absolute atomic E-state index is 0.190. The summed E-state index contributed by atoms with van der Waals surface area (Å²) in [5.41, 5.74) is 3.13. The zero-order valence-electron chi connectivity index (χ0n) is 8.81. The van der Waals surface area contributed by atoms with Gasteiger partial charge in [-0.25, -0.2) is 0 Å². The summed E-state index contributed by atoms with van der Waals surface area (Å²) in [6.07, 6.45) is 0. The van der Waals surface area contributed by atoms with E-state index in [0.29, 0.717) is 0 Å². The van der Waals surface area contributed by atoms with Crippen LogP contribution >= 0.6 is 66.4 Å². The molecule has 0 saturated carbocycles. The highest BCUT2D eigenvalue weighted by atomic mass is 79.9. The van der Waals surface area contributed by atoms with Crippen molar-refractivity contribution in [2.75, 3.05) is 0 Å². The lowest BCUT2D eigenvalue weighted by Crippen LogP contribution is -1.92. The van der Waals surface area contributed by atoms with Crippen LogP contribution in [0.1, 0.15) is 22.1 Å². The quantitative estimate of drug-likeness (QED) is 0.488. The molecule has 0 spiro atoms. The van der Waals surface area contributed by atoms with Crippen molar-refractivity contribution in [2.24, 2.45) is 0 Å². The summed E-state index contributed by atoms with van der Waals surface area (Å²) in [7, 11) is 0. The van der Waals surface area contributed by atoms with E-state index in [1.54, 1.807) is 11.3 Å². The first-order chi connectivity index (χ1) is 7.99. The van der Waals surface area contributed by atoms with Crippen molar-refractivity contribution < 1.29 is 0 Å². The van der Waals surface area contributed by atoms with Crippen molar-refractivity contribution in [1.82, 2.24) is 0 Å². The lowest BCUT2D eigenvalue weighted by Gasteiger charge is -2.10. The average molecular weight is 415 g/mol. The van der Waals surface area contributed by atoms with Crippen LogP contribution in [0.3, 0.4) is 0 Å². The van der Waals surface area contributed by atoms with Crippen LogP contribution in [0.5, 0.6) is 0 Å². The highest BCUT2D eigenvalue weighted by Crippen LogP contribution is 2.41. The number of thiophene rings is 1. The summed E-state index contributed by atoms with van der Waals surface area (Å²) in [6.45, 7) is 1.98. The second kappa shape index (κ2) is 5.62. The zero-order valence-corrected chi connectivity index (χ0v) is 14.3. The van der Waals surface area contributed by atoms with Gasteiger partial charge in [-0.05, 0) is 62.0 Å². The number of hydrogen-bond donors (Lipinski definition) is 0. The summed E-state index contributed by atoms with van der Waals surface area (Å²) in [5.74, 6) is 0. The Morgan fingerprint density at radius 1 is 1.24 bits per heavy atom. The maximum absolute atomic E-state index is 6.47. The summed E-state index contributed by atoms with van der Waals surface area (Å²) in [4.78, 5) is 0. The minimum Gasteiger partial charge on any atom is -0.121 e. The number of aryl methyl sites for hydroxylation is 1. The van der Waals surface area contributed by atoms with Crippen LogP contribution < -0.4 is 0 Å². The van der Waals surface area contributed by atoms with Crippen molar-refractivity contribution >= 4 is 66.4 Å². The molecule has 2 aromatic rings. The van der Waals surface area contributed by atoms with Crippen LogP contribution in [0.25, 0.3) is 0 Å². The van der Waals surface area contributed by atoms with Crippen LogP contribution in [0.15, 0.2) is 31.8 Å². The second-order valence-corrected chi connectivity index (χ2v) is 8.24. The Hall–Kier alpha value is 0.460. The average Bonchev–Trinajstić information content (AvgIpc) is 2.61. The molecule has 0 fully saturated rings. The maximum atomic E-state index is 6.47. The van der Waals surface area contributed by atoms with Gasteiger partial charge in [-0.1, -0.05) is 23.7 Å². The molecule has 0 nitrogen and oxygen atoms in total. The summed E-state index contributed by atoms with van der Waals surface area (Å²) < 4.78 is 2.10. The van der Waals surface area contributed by atoms with Gasteiger partial charge in [-0.15, -0.1) is 22.9 Å². The number of benzene rings is 1. The Labute approximate surface area is 131 Å². The molecule has 0 N–H and O–H groups in total. The van der Waals surface area contributed by atoms with E-state index < -0.39 is 0 Å². The number of rotatable bonds is 2. The van der Waals surface area contributed by atoms with Gasteiger partial charge in [-0.2, -0.15) is 0 Å². The van der Waals surface area contributed by atoms with Crippen molar-refractivity contribution in [3.8, 4) is 0 Å². The molecular formula is C12H8Br2Cl2S. The molecule has 1 unspecified atom stereocenters. The topological polar surface area (TPSA) is 0 Å². The lowest BCUT2D eigenvalue weighted by molar-refractivity contribution is 1.14. The Morgan fingerprint density at radius 2 is 1.94 bits per heavy atom. The molecule has 1 heterocycles. The van der Waals surface area contributed by atoms with Crippen LogP contribution in [0, 0.1) is 6.92 Å². The first-order valence-electron chi connectivity index (χ1n) is 4.84. The predicted molar refractivity (Wildman–Crippen MR) is 83.6 cm³/mol. The maximum Gasteiger partial charge on any atom is 0.0855 e. The summed E-state index contributed by atoms with van der Waals surface area (Å²) in [5, 5.41) is 0.559. The van der Waals surface area contributed by atoms with Gasteiger partial charge in [0.05, 0.1) is 12.9 Å². The molecule has 0 saturated heterocycles. The SMILES string of the molecule is Cc1ccc(C(Cl)c2cc(Br)sc2Br)cc1Cl. The Kier molecular flexibility index (Phi) is 4.59. The Balaban J connectivity index is 2.40. The third-order valence-electron chi connectivity index (χ3n) is 2.44. The van der Waals surface area contributed by atoms with E-state index in [-0.39, 0.29) is 5.38 Å². The van der Waals surface area contributed by atoms with Crippen molar-refractivity contribution in [2.45, 2.75) is 12.3 Å². The molecule has 90 valence electrons. The van der Waals surface area contributed by atoms with E-state index in [4.69, 9.17) is 23.2 Å². The smallest absolute Gasteiger partial charge is 0.0855 e. The van der Waals surface area contributed by atoms with Gasteiger partial charge in [0.2, 0.25) is 0 Å². The molecule has 2 rings (SSSR count). The fraction of sp³-hybridized carbons (Fsp3) is 0.167. The first kappa shape index (κ1) is 13.9. The van der Waals surface area contributed by atoms with Gasteiger partial charge in [-0.3, -0.25) is 0 Å². The van der Waals surface area contributed by atoms with E-state index in [1.807, 2.05) is 31.2 Å². The molecule has 0 aliphatic carbocycles. The van der Waals surface area contributed by atoms with Gasteiger partial charge >= 0.3 is 0 Å². The van der Waals surface area contributed by atoms with Crippen LogP contribution in [0.2, 0.25) is 5.02 Å². The number of alkyl halides is 1. The van der Waals surface area contributed by atoms with Gasteiger partial charge in [0.15, 0.2) is 0 Å². The lowest BCUT2D eigenvalue weighted by atomic mass is 10.1. The third-order valence-corrected chi connectivity index (χ3v) is 5.72. The van der Waals surface area contributed by atoms with Crippen molar-refractivity contribution in [3.63, 3.8) is 0 Å². The third kappa shape index (κ3) is 3.07. The van der Waals surface area contributed by atoms with Gasteiger partial charge in [0, 0.05) is 10.6 Å². The molecule has 1 atom stereocenters. The van der Waals surface area contributed by atoms with Crippen LogP contribution in [-0.2, 0) is 0 Å². The molecule has 17 heavy (non-hydrogen) atoms. The van der Waals surface area contributed by atoms with Crippen LogP contribution in [0.4, 0.5) is 0 Å². The van der Waals surface area contributed by atoms with Gasteiger partial charge in [0.25, 0.3) is 0 Å². The normalized spacial score (nSPS) is 12.8. The molecule has 5 heteroatoms. The molecular weight excluding hydrogens is 407 g/mol. The summed E-state index contributed by atoms with van der Waals surface area (Å²) >= 11 is 21.2. The highest BCUT2D eigenvalue weighted by Gasteiger charge is 2.17. The Bertz CT molecular complexity index is 551. The van der Waals surface area contributed by atoms with Crippen molar-refractivity contribution in [3.05, 3.63) is 53.6 Å². The molecule has 0 bridgehead atoms. The molecule has 1 aromatic heterocycles. The monoisotopic (exact) mass is 412 g/mol.